The van der Waals surface area contributed by atoms with E-state index in [1.165, 1.54) is 0 Å². The van der Waals surface area contributed by atoms with Gasteiger partial charge >= 0.3 is 0 Å². The molecule has 0 fully saturated rings. The van der Waals surface area contributed by atoms with Crippen molar-refractivity contribution in [2.24, 2.45) is 5.41 Å². The van der Waals surface area contributed by atoms with Gasteiger partial charge in [-0.2, -0.15) is 0 Å². The van der Waals surface area contributed by atoms with Gasteiger partial charge in [0.25, 0.3) is 0 Å². The highest BCUT2D eigenvalue weighted by molar-refractivity contribution is 4.65. The molecule has 1 atom stereocenters. The predicted molar refractivity (Wildman–Crippen MR) is 44.0 cm³/mol. The lowest BCUT2D eigenvalue weighted by Gasteiger charge is -2.19. The Morgan fingerprint density at radius 1 is 1.40 bits per heavy atom. The van der Waals surface area contributed by atoms with Crippen molar-refractivity contribution in [1.82, 2.24) is 5.32 Å². The third-order valence-corrected chi connectivity index (χ3v) is 1.10. The fraction of sp³-hybridized carbons (Fsp3) is 1.00. The van der Waals surface area contributed by atoms with E-state index in [2.05, 4.69) is 26.1 Å². The molecule has 0 aliphatic heterocycles. The standard InChI is InChI=1S/C8H19NO/c1-7(10)5-9-6-8(2,3)4/h7,9-10H,5-6H2,1-4H3. The molecule has 2 heteroatoms. The van der Waals surface area contributed by atoms with Crippen LogP contribution in [-0.4, -0.2) is 24.3 Å². The van der Waals surface area contributed by atoms with E-state index in [0.717, 1.165) is 6.54 Å². The monoisotopic (exact) mass is 145 g/mol. The molecule has 0 spiro atoms. The summed E-state index contributed by atoms with van der Waals surface area (Å²) in [7, 11) is 0. The molecule has 0 bridgehead atoms. The molecule has 0 radical (unpaired) electrons. The molecular weight excluding hydrogens is 126 g/mol. The van der Waals surface area contributed by atoms with E-state index in [4.69, 9.17) is 5.11 Å². The normalized spacial score (nSPS) is 15.3. The molecule has 1 unspecified atom stereocenters. The first-order valence-corrected chi connectivity index (χ1v) is 3.80. The van der Waals surface area contributed by atoms with E-state index >= 15 is 0 Å². The van der Waals surface area contributed by atoms with Crippen LogP contribution in [0.4, 0.5) is 0 Å². The Hall–Kier alpha value is -0.0800. The van der Waals surface area contributed by atoms with Gasteiger partial charge in [-0.1, -0.05) is 20.8 Å². The summed E-state index contributed by atoms with van der Waals surface area (Å²) in [6.45, 7) is 9.94. The molecule has 0 saturated carbocycles. The van der Waals surface area contributed by atoms with E-state index in [1.807, 2.05) is 0 Å². The summed E-state index contributed by atoms with van der Waals surface area (Å²) in [6, 6.07) is 0. The van der Waals surface area contributed by atoms with Crippen molar-refractivity contribution in [2.75, 3.05) is 13.1 Å². The van der Waals surface area contributed by atoms with Crippen LogP contribution in [0.3, 0.4) is 0 Å². The minimum Gasteiger partial charge on any atom is -0.392 e. The average Bonchev–Trinajstić information content (AvgIpc) is 1.59. The Balaban J connectivity index is 3.21. The SMILES string of the molecule is CC(O)CNCC(C)(C)C. The summed E-state index contributed by atoms with van der Waals surface area (Å²) < 4.78 is 0. The van der Waals surface area contributed by atoms with Crippen molar-refractivity contribution in [3.8, 4) is 0 Å². The van der Waals surface area contributed by atoms with E-state index in [1.54, 1.807) is 6.92 Å². The summed E-state index contributed by atoms with van der Waals surface area (Å²) in [5.74, 6) is 0. The van der Waals surface area contributed by atoms with E-state index in [9.17, 15) is 0 Å². The highest BCUT2D eigenvalue weighted by Gasteiger charge is 2.08. The molecular formula is C8H19NO. The number of nitrogens with one attached hydrogen (secondary N) is 1. The molecule has 0 aromatic rings. The number of hydrogen-bond donors (Lipinski definition) is 2. The first-order chi connectivity index (χ1) is 4.42. The molecule has 0 amide bonds. The summed E-state index contributed by atoms with van der Waals surface area (Å²) in [4.78, 5) is 0. The van der Waals surface area contributed by atoms with E-state index < -0.39 is 0 Å². The summed E-state index contributed by atoms with van der Waals surface area (Å²) >= 11 is 0. The lowest BCUT2D eigenvalue weighted by atomic mass is 9.97. The Morgan fingerprint density at radius 3 is 2.20 bits per heavy atom. The molecule has 2 N–H and O–H groups in total. The van der Waals surface area contributed by atoms with Crippen LogP contribution >= 0.6 is 0 Å². The van der Waals surface area contributed by atoms with Gasteiger partial charge in [-0.05, 0) is 12.3 Å². The smallest absolute Gasteiger partial charge is 0.0636 e. The fourth-order valence-electron chi connectivity index (χ4n) is 0.656. The van der Waals surface area contributed by atoms with Gasteiger partial charge < -0.3 is 10.4 Å². The second kappa shape index (κ2) is 3.94. The number of rotatable bonds is 3. The largest absolute Gasteiger partial charge is 0.392 e. The Bertz CT molecular complexity index is 83.7. The predicted octanol–water partition coefficient (Wildman–Crippen LogP) is 1.00. The summed E-state index contributed by atoms with van der Waals surface area (Å²) in [5, 5.41) is 12.1. The van der Waals surface area contributed by atoms with Gasteiger partial charge in [0, 0.05) is 13.1 Å². The third kappa shape index (κ3) is 7.92. The van der Waals surface area contributed by atoms with Crippen LogP contribution in [0, 0.1) is 5.41 Å². The molecule has 0 rings (SSSR count). The number of aliphatic hydroxyl groups excluding tert-OH is 1. The quantitative estimate of drug-likeness (QED) is 0.621. The maximum absolute atomic E-state index is 8.89. The molecule has 0 heterocycles. The van der Waals surface area contributed by atoms with Gasteiger partial charge in [-0.25, -0.2) is 0 Å². The van der Waals surface area contributed by atoms with Crippen LogP contribution in [0.2, 0.25) is 0 Å². The first-order valence-electron chi connectivity index (χ1n) is 3.80. The maximum Gasteiger partial charge on any atom is 0.0636 e. The zero-order valence-electron chi connectivity index (χ0n) is 7.44. The fourth-order valence-corrected chi connectivity index (χ4v) is 0.656. The van der Waals surface area contributed by atoms with Gasteiger partial charge in [0.15, 0.2) is 0 Å². The molecule has 0 aromatic carbocycles. The van der Waals surface area contributed by atoms with Crippen molar-refractivity contribution < 1.29 is 5.11 Å². The van der Waals surface area contributed by atoms with Crippen LogP contribution in [0.15, 0.2) is 0 Å². The highest BCUT2D eigenvalue weighted by atomic mass is 16.3. The third-order valence-electron chi connectivity index (χ3n) is 1.10. The van der Waals surface area contributed by atoms with Gasteiger partial charge in [0.1, 0.15) is 0 Å². The molecule has 2 nitrogen and oxygen atoms in total. The molecule has 0 aliphatic carbocycles. The number of hydrogen-bond acceptors (Lipinski definition) is 2. The summed E-state index contributed by atoms with van der Waals surface area (Å²) in [6.07, 6.45) is -0.234. The molecule has 10 heavy (non-hydrogen) atoms. The highest BCUT2D eigenvalue weighted by Crippen LogP contribution is 2.09. The van der Waals surface area contributed by atoms with E-state index in [0.29, 0.717) is 12.0 Å². The maximum atomic E-state index is 8.89. The van der Waals surface area contributed by atoms with Crippen molar-refractivity contribution >= 4 is 0 Å². The number of aliphatic hydroxyl groups is 1. The molecule has 0 aliphatic rings. The van der Waals surface area contributed by atoms with Crippen molar-refractivity contribution in [3.05, 3.63) is 0 Å². The van der Waals surface area contributed by atoms with E-state index in [-0.39, 0.29) is 6.10 Å². The average molecular weight is 145 g/mol. The molecule has 62 valence electrons. The van der Waals surface area contributed by atoms with Gasteiger partial charge in [0.2, 0.25) is 0 Å². The Labute approximate surface area is 63.6 Å². The lowest BCUT2D eigenvalue weighted by Crippen LogP contribution is -2.32. The Morgan fingerprint density at radius 2 is 1.90 bits per heavy atom. The minimum atomic E-state index is -0.234. The van der Waals surface area contributed by atoms with Gasteiger partial charge in [-0.3, -0.25) is 0 Å². The second-order valence-electron chi connectivity index (χ2n) is 4.04. The first kappa shape index (κ1) is 9.92. The lowest BCUT2D eigenvalue weighted by molar-refractivity contribution is 0.186. The molecule has 0 aromatic heterocycles. The van der Waals surface area contributed by atoms with Crippen LogP contribution in [-0.2, 0) is 0 Å². The summed E-state index contributed by atoms with van der Waals surface area (Å²) in [5.41, 5.74) is 0.314. The zero-order valence-corrected chi connectivity index (χ0v) is 7.44. The minimum absolute atomic E-state index is 0.234. The van der Waals surface area contributed by atoms with Gasteiger partial charge in [0.05, 0.1) is 6.10 Å². The Kier molecular flexibility index (Phi) is 3.91. The van der Waals surface area contributed by atoms with Crippen LogP contribution < -0.4 is 5.32 Å². The van der Waals surface area contributed by atoms with Crippen molar-refractivity contribution in [1.29, 1.82) is 0 Å². The van der Waals surface area contributed by atoms with Gasteiger partial charge in [-0.15, -0.1) is 0 Å². The molecule has 0 saturated heterocycles. The van der Waals surface area contributed by atoms with Crippen LogP contribution in [0.25, 0.3) is 0 Å². The van der Waals surface area contributed by atoms with Crippen LogP contribution in [0.5, 0.6) is 0 Å². The van der Waals surface area contributed by atoms with Crippen molar-refractivity contribution in [2.45, 2.75) is 33.8 Å². The van der Waals surface area contributed by atoms with Crippen LogP contribution in [0.1, 0.15) is 27.7 Å². The second-order valence-corrected chi connectivity index (χ2v) is 4.04. The van der Waals surface area contributed by atoms with Crippen molar-refractivity contribution in [3.63, 3.8) is 0 Å². The zero-order chi connectivity index (χ0) is 8.20. The topological polar surface area (TPSA) is 32.3 Å².